The van der Waals surface area contributed by atoms with Crippen LogP contribution >= 0.6 is 0 Å². The van der Waals surface area contributed by atoms with Crippen molar-refractivity contribution in [3.8, 4) is 0 Å². The van der Waals surface area contributed by atoms with E-state index in [2.05, 4.69) is 12.0 Å². The number of likely N-dealkylation sites (tertiary alicyclic amines) is 1. The third-order valence-corrected chi connectivity index (χ3v) is 3.52. The van der Waals surface area contributed by atoms with Crippen molar-refractivity contribution >= 4 is 6.09 Å². The standard InChI is InChI=1S/C15H25N3O3/c1-6-11-7-12(17(5)16-11)8-15(20)9-18(10-15)13(19)21-14(2,3)4/h7,20H,6,8-10H2,1-5H3. The predicted molar refractivity (Wildman–Crippen MR) is 79.0 cm³/mol. The molecule has 1 aliphatic rings. The zero-order valence-electron chi connectivity index (χ0n) is 13.5. The van der Waals surface area contributed by atoms with E-state index in [0.717, 1.165) is 17.8 Å². The van der Waals surface area contributed by atoms with Gasteiger partial charge in [0.1, 0.15) is 11.2 Å². The Kier molecular flexibility index (Phi) is 4.02. The van der Waals surface area contributed by atoms with Crippen molar-refractivity contribution in [2.24, 2.45) is 7.05 Å². The molecule has 0 radical (unpaired) electrons. The topological polar surface area (TPSA) is 67.6 Å². The number of hydrogen-bond acceptors (Lipinski definition) is 4. The van der Waals surface area contributed by atoms with Gasteiger partial charge in [0.15, 0.2) is 0 Å². The first-order valence-electron chi connectivity index (χ1n) is 7.34. The number of rotatable bonds is 3. The Morgan fingerprint density at radius 3 is 2.57 bits per heavy atom. The summed E-state index contributed by atoms with van der Waals surface area (Å²) in [5, 5.41) is 14.9. The lowest BCUT2D eigenvalue weighted by atomic mass is 9.89. The molecule has 6 heteroatoms. The van der Waals surface area contributed by atoms with Gasteiger partial charge in [-0.25, -0.2) is 4.79 Å². The van der Waals surface area contributed by atoms with Crippen LogP contribution in [0.2, 0.25) is 0 Å². The van der Waals surface area contributed by atoms with Crippen LogP contribution in [0.5, 0.6) is 0 Å². The van der Waals surface area contributed by atoms with E-state index >= 15 is 0 Å². The molecule has 6 nitrogen and oxygen atoms in total. The van der Waals surface area contributed by atoms with E-state index in [1.807, 2.05) is 33.9 Å². The van der Waals surface area contributed by atoms with Gasteiger partial charge in [-0.15, -0.1) is 0 Å². The zero-order valence-corrected chi connectivity index (χ0v) is 13.5. The molecule has 0 aliphatic carbocycles. The van der Waals surface area contributed by atoms with E-state index in [1.165, 1.54) is 4.90 Å². The second kappa shape index (κ2) is 5.33. The minimum absolute atomic E-state index is 0.300. The first-order chi connectivity index (χ1) is 9.62. The molecule has 2 rings (SSSR count). The van der Waals surface area contributed by atoms with Gasteiger partial charge in [0, 0.05) is 19.2 Å². The van der Waals surface area contributed by atoms with Crippen LogP contribution in [0, 0.1) is 0 Å². The van der Waals surface area contributed by atoms with E-state index in [9.17, 15) is 9.90 Å². The van der Waals surface area contributed by atoms with Crippen LogP contribution in [0.1, 0.15) is 39.1 Å². The molecule has 1 aromatic heterocycles. The van der Waals surface area contributed by atoms with E-state index in [1.54, 1.807) is 4.68 Å². The maximum Gasteiger partial charge on any atom is 0.410 e. The number of aromatic nitrogens is 2. The van der Waals surface area contributed by atoms with Crippen LogP contribution in [-0.4, -0.2) is 50.2 Å². The first kappa shape index (κ1) is 15.8. The number of β-amino-alcohol motifs (C(OH)–C–C–N with tert-alkyl or cyclic N) is 1. The smallest absolute Gasteiger partial charge is 0.410 e. The number of ether oxygens (including phenoxy) is 1. The van der Waals surface area contributed by atoms with Crippen LogP contribution in [0.4, 0.5) is 4.79 Å². The van der Waals surface area contributed by atoms with Crippen molar-refractivity contribution in [2.75, 3.05) is 13.1 Å². The Bertz CT molecular complexity index is 525. The van der Waals surface area contributed by atoms with Gasteiger partial charge in [-0.05, 0) is 33.3 Å². The molecule has 0 saturated carbocycles. The van der Waals surface area contributed by atoms with Crippen molar-refractivity contribution in [2.45, 2.75) is 51.7 Å². The predicted octanol–water partition coefficient (Wildman–Crippen LogP) is 1.51. The maximum atomic E-state index is 11.9. The summed E-state index contributed by atoms with van der Waals surface area (Å²) in [6.45, 7) is 8.15. The number of hydrogen-bond donors (Lipinski definition) is 1. The van der Waals surface area contributed by atoms with Crippen LogP contribution in [0.15, 0.2) is 6.07 Å². The lowest BCUT2D eigenvalue weighted by molar-refractivity contribution is -0.0981. The van der Waals surface area contributed by atoms with Gasteiger partial charge in [0.25, 0.3) is 0 Å². The molecule has 1 aromatic rings. The van der Waals surface area contributed by atoms with Crippen molar-refractivity contribution in [3.05, 3.63) is 17.5 Å². The molecular formula is C15H25N3O3. The molecule has 21 heavy (non-hydrogen) atoms. The Labute approximate surface area is 125 Å². The van der Waals surface area contributed by atoms with E-state index in [4.69, 9.17) is 4.74 Å². The van der Waals surface area contributed by atoms with E-state index in [0.29, 0.717) is 19.5 Å². The third-order valence-electron chi connectivity index (χ3n) is 3.52. The molecule has 1 saturated heterocycles. The van der Waals surface area contributed by atoms with Gasteiger partial charge in [0.2, 0.25) is 0 Å². The molecule has 0 atom stereocenters. The van der Waals surface area contributed by atoms with Crippen molar-refractivity contribution in [3.63, 3.8) is 0 Å². The Morgan fingerprint density at radius 1 is 1.48 bits per heavy atom. The van der Waals surface area contributed by atoms with E-state index in [-0.39, 0.29) is 6.09 Å². The van der Waals surface area contributed by atoms with Gasteiger partial charge in [-0.3, -0.25) is 4.68 Å². The van der Waals surface area contributed by atoms with Gasteiger partial charge in [-0.2, -0.15) is 5.10 Å². The van der Waals surface area contributed by atoms with E-state index < -0.39 is 11.2 Å². The second-order valence-corrected chi connectivity index (χ2v) is 6.84. The fourth-order valence-corrected chi connectivity index (χ4v) is 2.48. The summed E-state index contributed by atoms with van der Waals surface area (Å²) in [4.78, 5) is 13.4. The molecule has 1 fully saturated rings. The molecule has 1 amide bonds. The van der Waals surface area contributed by atoms with Crippen LogP contribution in [0.25, 0.3) is 0 Å². The summed E-state index contributed by atoms with van der Waals surface area (Å²) in [5.74, 6) is 0. The minimum Gasteiger partial charge on any atom is -0.444 e. The second-order valence-electron chi connectivity index (χ2n) is 6.84. The molecule has 0 bridgehead atoms. The fourth-order valence-electron chi connectivity index (χ4n) is 2.48. The number of nitrogens with zero attached hydrogens (tertiary/aromatic N) is 3. The molecule has 0 unspecified atom stereocenters. The Morgan fingerprint density at radius 2 is 2.10 bits per heavy atom. The van der Waals surface area contributed by atoms with Crippen molar-refractivity contribution < 1.29 is 14.6 Å². The fraction of sp³-hybridized carbons (Fsp3) is 0.733. The Hall–Kier alpha value is -1.56. The third kappa shape index (κ3) is 3.75. The van der Waals surface area contributed by atoms with Crippen LogP contribution < -0.4 is 0 Å². The van der Waals surface area contributed by atoms with Crippen molar-refractivity contribution in [1.82, 2.24) is 14.7 Å². The average molecular weight is 295 g/mol. The van der Waals surface area contributed by atoms with Crippen LogP contribution in [0.3, 0.4) is 0 Å². The summed E-state index contributed by atoms with van der Waals surface area (Å²) in [5.41, 5.74) is 0.607. The SMILES string of the molecule is CCc1cc(CC2(O)CN(C(=O)OC(C)(C)C)C2)n(C)n1. The number of aliphatic hydroxyl groups is 1. The highest BCUT2D eigenvalue weighted by molar-refractivity contribution is 5.69. The molecular weight excluding hydrogens is 270 g/mol. The van der Waals surface area contributed by atoms with Gasteiger partial charge in [-0.1, -0.05) is 6.92 Å². The summed E-state index contributed by atoms with van der Waals surface area (Å²) < 4.78 is 7.09. The maximum absolute atomic E-state index is 11.9. The number of carbonyl (C=O) groups is 1. The first-order valence-corrected chi connectivity index (χ1v) is 7.34. The number of aryl methyl sites for hydroxylation is 2. The van der Waals surface area contributed by atoms with Crippen molar-refractivity contribution in [1.29, 1.82) is 0 Å². The van der Waals surface area contributed by atoms with Gasteiger partial charge < -0.3 is 14.7 Å². The van der Waals surface area contributed by atoms with Crippen LogP contribution in [-0.2, 0) is 24.6 Å². The summed E-state index contributed by atoms with van der Waals surface area (Å²) in [7, 11) is 1.88. The van der Waals surface area contributed by atoms with Gasteiger partial charge in [0.05, 0.1) is 18.8 Å². The molecule has 118 valence electrons. The highest BCUT2D eigenvalue weighted by Gasteiger charge is 2.45. The lowest BCUT2D eigenvalue weighted by Crippen LogP contribution is -2.65. The summed E-state index contributed by atoms with van der Waals surface area (Å²) >= 11 is 0. The minimum atomic E-state index is -0.879. The largest absolute Gasteiger partial charge is 0.444 e. The quantitative estimate of drug-likeness (QED) is 0.918. The normalized spacial score (nSPS) is 17.5. The zero-order chi connectivity index (χ0) is 15.8. The monoisotopic (exact) mass is 295 g/mol. The molecule has 1 aliphatic heterocycles. The highest BCUT2D eigenvalue weighted by Crippen LogP contribution is 2.27. The number of amides is 1. The average Bonchev–Trinajstić information content (AvgIpc) is 2.64. The van der Waals surface area contributed by atoms with Gasteiger partial charge >= 0.3 is 6.09 Å². The lowest BCUT2D eigenvalue weighted by Gasteiger charge is -2.46. The molecule has 0 spiro atoms. The highest BCUT2D eigenvalue weighted by atomic mass is 16.6. The summed E-state index contributed by atoms with van der Waals surface area (Å²) in [6, 6.07) is 2.01. The number of carbonyl (C=O) groups excluding carboxylic acids is 1. The summed E-state index contributed by atoms with van der Waals surface area (Å²) in [6.07, 6.45) is 0.998. The molecule has 0 aromatic carbocycles. The Balaban J connectivity index is 1.92. The molecule has 1 N–H and O–H groups in total. The molecule has 2 heterocycles.